The van der Waals surface area contributed by atoms with Gasteiger partial charge in [-0.2, -0.15) is 0 Å². The molecule has 0 unspecified atom stereocenters. The molecule has 1 amide bonds. The minimum absolute atomic E-state index is 0.0298. The Morgan fingerprint density at radius 3 is 2.88 bits per heavy atom. The van der Waals surface area contributed by atoms with Gasteiger partial charge in [-0.05, 0) is 55.0 Å². The Morgan fingerprint density at radius 1 is 1.23 bits per heavy atom. The predicted octanol–water partition coefficient (Wildman–Crippen LogP) is 4.30. The average Bonchev–Trinajstić information content (AvgIpc) is 2.67. The summed E-state index contributed by atoms with van der Waals surface area (Å²) >= 11 is 0. The van der Waals surface area contributed by atoms with E-state index in [2.05, 4.69) is 23.5 Å². The molecule has 4 heteroatoms. The van der Waals surface area contributed by atoms with Crippen LogP contribution in [-0.2, 0) is 11.2 Å². The standard InChI is InChI=1S/C22H25NO3/c1-3-7-16-12-13-20(21(14-16)25-2)26-15-22(24)23-19-11-6-9-17-8-4-5-10-18(17)19/h3-5,7-8,10,12-14,19H,6,9,11,15H2,1-2H3,(H,23,24)/b7-3+/t19-/m1/s1. The van der Waals surface area contributed by atoms with E-state index in [0.29, 0.717) is 11.5 Å². The number of amides is 1. The third-order valence-corrected chi connectivity index (χ3v) is 4.61. The third kappa shape index (κ3) is 4.26. The van der Waals surface area contributed by atoms with Crippen molar-refractivity contribution in [3.63, 3.8) is 0 Å². The summed E-state index contributed by atoms with van der Waals surface area (Å²) in [7, 11) is 1.60. The summed E-state index contributed by atoms with van der Waals surface area (Å²) < 4.78 is 11.1. The fraction of sp³-hybridized carbons (Fsp3) is 0.318. The molecule has 0 saturated carbocycles. The summed E-state index contributed by atoms with van der Waals surface area (Å²) in [5.41, 5.74) is 3.58. The Labute approximate surface area is 154 Å². The Morgan fingerprint density at radius 2 is 2.08 bits per heavy atom. The molecule has 3 rings (SSSR count). The number of carbonyl (C=O) groups is 1. The Hall–Kier alpha value is -2.75. The van der Waals surface area contributed by atoms with E-state index in [0.717, 1.165) is 24.8 Å². The molecule has 0 spiro atoms. The molecule has 4 nitrogen and oxygen atoms in total. The zero-order valence-corrected chi connectivity index (χ0v) is 15.3. The molecule has 26 heavy (non-hydrogen) atoms. The zero-order valence-electron chi connectivity index (χ0n) is 15.3. The lowest BCUT2D eigenvalue weighted by molar-refractivity contribution is -0.124. The molecule has 1 aliphatic carbocycles. The number of benzene rings is 2. The highest BCUT2D eigenvalue weighted by Crippen LogP contribution is 2.30. The van der Waals surface area contributed by atoms with Crippen molar-refractivity contribution >= 4 is 12.0 Å². The molecule has 2 aromatic carbocycles. The van der Waals surface area contributed by atoms with E-state index in [9.17, 15) is 4.79 Å². The highest BCUT2D eigenvalue weighted by atomic mass is 16.5. The number of aryl methyl sites for hydroxylation is 1. The first-order chi connectivity index (χ1) is 12.7. The van der Waals surface area contributed by atoms with Crippen LogP contribution in [0.2, 0.25) is 0 Å². The number of ether oxygens (including phenoxy) is 2. The first kappa shape index (κ1) is 18.1. The summed E-state index contributed by atoms with van der Waals surface area (Å²) in [6.45, 7) is 1.93. The maximum Gasteiger partial charge on any atom is 0.258 e. The molecule has 1 aliphatic rings. The molecule has 1 N–H and O–H groups in total. The van der Waals surface area contributed by atoms with Gasteiger partial charge in [0.05, 0.1) is 13.2 Å². The van der Waals surface area contributed by atoms with Crippen LogP contribution in [-0.4, -0.2) is 19.6 Å². The number of methoxy groups -OCH3 is 1. The number of hydrogen-bond donors (Lipinski definition) is 1. The molecule has 0 aromatic heterocycles. The molecule has 1 atom stereocenters. The van der Waals surface area contributed by atoms with Gasteiger partial charge < -0.3 is 14.8 Å². The van der Waals surface area contributed by atoms with Gasteiger partial charge in [0.15, 0.2) is 18.1 Å². The summed E-state index contributed by atoms with van der Waals surface area (Å²) in [6.07, 6.45) is 7.08. The van der Waals surface area contributed by atoms with Gasteiger partial charge in [-0.1, -0.05) is 42.5 Å². The predicted molar refractivity (Wildman–Crippen MR) is 103 cm³/mol. The van der Waals surface area contributed by atoms with Gasteiger partial charge >= 0.3 is 0 Å². The quantitative estimate of drug-likeness (QED) is 0.844. The maximum atomic E-state index is 12.4. The van der Waals surface area contributed by atoms with Gasteiger partial charge in [0.2, 0.25) is 0 Å². The van der Waals surface area contributed by atoms with E-state index in [1.165, 1.54) is 11.1 Å². The monoisotopic (exact) mass is 351 g/mol. The zero-order chi connectivity index (χ0) is 18.4. The molecule has 2 aromatic rings. The van der Waals surface area contributed by atoms with Crippen molar-refractivity contribution in [1.29, 1.82) is 0 Å². The molecule has 0 radical (unpaired) electrons. The van der Waals surface area contributed by atoms with Crippen LogP contribution >= 0.6 is 0 Å². The van der Waals surface area contributed by atoms with Crippen LogP contribution in [0, 0.1) is 0 Å². The molecule has 0 fully saturated rings. The van der Waals surface area contributed by atoms with Crippen molar-refractivity contribution in [2.45, 2.75) is 32.2 Å². The summed E-state index contributed by atoms with van der Waals surface area (Å²) in [5, 5.41) is 3.10. The fourth-order valence-electron chi connectivity index (χ4n) is 3.38. The molecule has 0 saturated heterocycles. The van der Waals surface area contributed by atoms with Crippen LogP contribution in [0.1, 0.15) is 42.5 Å². The van der Waals surface area contributed by atoms with Crippen LogP contribution in [0.15, 0.2) is 48.5 Å². The molecule has 0 bridgehead atoms. The van der Waals surface area contributed by atoms with Gasteiger partial charge in [0.25, 0.3) is 5.91 Å². The number of rotatable bonds is 6. The van der Waals surface area contributed by atoms with Crippen molar-refractivity contribution < 1.29 is 14.3 Å². The van der Waals surface area contributed by atoms with E-state index in [-0.39, 0.29) is 18.6 Å². The van der Waals surface area contributed by atoms with Crippen molar-refractivity contribution in [1.82, 2.24) is 5.32 Å². The third-order valence-electron chi connectivity index (χ3n) is 4.61. The van der Waals surface area contributed by atoms with E-state index in [4.69, 9.17) is 9.47 Å². The lowest BCUT2D eigenvalue weighted by Crippen LogP contribution is -2.34. The molecule has 0 heterocycles. The van der Waals surface area contributed by atoms with E-state index < -0.39 is 0 Å². The summed E-state index contributed by atoms with van der Waals surface area (Å²) in [6, 6.07) is 14.0. The van der Waals surface area contributed by atoms with Crippen LogP contribution in [0.4, 0.5) is 0 Å². The fourth-order valence-corrected chi connectivity index (χ4v) is 3.38. The molecule has 0 aliphatic heterocycles. The normalized spacial score (nSPS) is 16.2. The van der Waals surface area contributed by atoms with E-state index in [1.54, 1.807) is 7.11 Å². The van der Waals surface area contributed by atoms with Crippen molar-refractivity contribution in [3.05, 3.63) is 65.2 Å². The van der Waals surface area contributed by atoms with Gasteiger partial charge in [0, 0.05) is 0 Å². The van der Waals surface area contributed by atoms with Crippen molar-refractivity contribution in [2.75, 3.05) is 13.7 Å². The van der Waals surface area contributed by atoms with E-state index >= 15 is 0 Å². The average molecular weight is 351 g/mol. The Balaban J connectivity index is 1.61. The van der Waals surface area contributed by atoms with Crippen LogP contribution < -0.4 is 14.8 Å². The minimum atomic E-state index is -0.119. The first-order valence-corrected chi connectivity index (χ1v) is 9.02. The summed E-state index contributed by atoms with van der Waals surface area (Å²) in [4.78, 5) is 12.4. The van der Waals surface area contributed by atoms with Gasteiger partial charge in [-0.25, -0.2) is 0 Å². The SMILES string of the molecule is C/C=C/c1ccc(OCC(=O)N[C@@H]2CCCc3ccccc32)c(OC)c1. The number of allylic oxidation sites excluding steroid dienone is 1. The second-order valence-electron chi connectivity index (χ2n) is 6.41. The van der Waals surface area contributed by atoms with Gasteiger partial charge in [0.1, 0.15) is 0 Å². The maximum absolute atomic E-state index is 12.4. The number of fused-ring (bicyclic) bond motifs is 1. The number of carbonyl (C=O) groups excluding carboxylic acids is 1. The molecular formula is C22H25NO3. The molecular weight excluding hydrogens is 326 g/mol. The smallest absolute Gasteiger partial charge is 0.258 e. The van der Waals surface area contributed by atoms with Gasteiger partial charge in [-0.15, -0.1) is 0 Å². The Bertz CT molecular complexity index is 798. The van der Waals surface area contributed by atoms with Crippen LogP contribution in [0.25, 0.3) is 6.08 Å². The largest absolute Gasteiger partial charge is 0.493 e. The second-order valence-corrected chi connectivity index (χ2v) is 6.41. The highest BCUT2D eigenvalue weighted by molar-refractivity contribution is 5.78. The second kappa shape index (κ2) is 8.56. The van der Waals surface area contributed by atoms with E-state index in [1.807, 2.05) is 43.3 Å². The Kier molecular flexibility index (Phi) is 5.95. The first-order valence-electron chi connectivity index (χ1n) is 9.02. The summed E-state index contributed by atoms with van der Waals surface area (Å²) in [5.74, 6) is 1.07. The van der Waals surface area contributed by atoms with Crippen LogP contribution in [0.5, 0.6) is 11.5 Å². The topological polar surface area (TPSA) is 47.6 Å². The van der Waals surface area contributed by atoms with Gasteiger partial charge in [-0.3, -0.25) is 4.79 Å². The molecule has 136 valence electrons. The van der Waals surface area contributed by atoms with Crippen molar-refractivity contribution in [2.24, 2.45) is 0 Å². The van der Waals surface area contributed by atoms with Crippen molar-refractivity contribution in [3.8, 4) is 11.5 Å². The number of nitrogens with one attached hydrogen (secondary N) is 1. The lowest BCUT2D eigenvalue weighted by atomic mass is 9.88. The lowest BCUT2D eigenvalue weighted by Gasteiger charge is -2.26. The minimum Gasteiger partial charge on any atom is -0.493 e. The van der Waals surface area contributed by atoms with Crippen LogP contribution in [0.3, 0.4) is 0 Å². The number of hydrogen-bond acceptors (Lipinski definition) is 3. The highest BCUT2D eigenvalue weighted by Gasteiger charge is 2.21.